The molecule has 1 aliphatic carbocycles. The highest BCUT2D eigenvalue weighted by Crippen LogP contribution is 2.42. The van der Waals surface area contributed by atoms with E-state index in [0.717, 1.165) is 63.1 Å². The molecule has 192 valence electrons. The van der Waals surface area contributed by atoms with Crippen LogP contribution in [-0.2, 0) is 4.79 Å². The molecule has 3 heterocycles. The van der Waals surface area contributed by atoms with E-state index in [2.05, 4.69) is 39.9 Å². The molecule has 0 saturated carbocycles. The number of nitrogens with one attached hydrogen (secondary N) is 3. The van der Waals surface area contributed by atoms with Gasteiger partial charge in [0, 0.05) is 30.4 Å². The Morgan fingerprint density at radius 3 is 2.74 bits per heavy atom. The second-order valence-electron chi connectivity index (χ2n) is 10.8. The van der Waals surface area contributed by atoms with Crippen molar-refractivity contribution in [3.63, 3.8) is 0 Å². The minimum Gasteiger partial charge on any atom is -0.390 e. The zero-order valence-corrected chi connectivity index (χ0v) is 21.7. The van der Waals surface area contributed by atoms with E-state index >= 15 is 0 Å². The number of hydrogen-bond donors (Lipinski definition) is 4. The molecule has 0 spiro atoms. The predicted octanol–water partition coefficient (Wildman–Crippen LogP) is 2.84. The lowest BCUT2D eigenvalue weighted by Crippen LogP contribution is -2.40. The van der Waals surface area contributed by atoms with Crippen molar-refractivity contribution in [1.29, 1.82) is 0 Å². The molecule has 0 aromatic rings. The van der Waals surface area contributed by atoms with Crippen LogP contribution in [-0.4, -0.2) is 65.9 Å². The van der Waals surface area contributed by atoms with Crippen molar-refractivity contribution in [1.82, 2.24) is 20.9 Å². The number of rotatable bonds is 8. The summed E-state index contributed by atoms with van der Waals surface area (Å²) in [5.41, 5.74) is 4.03. The molecule has 1 amide bonds. The average molecular weight is 483 g/mol. The maximum atomic E-state index is 12.9. The predicted molar refractivity (Wildman–Crippen MR) is 141 cm³/mol. The Kier molecular flexibility index (Phi) is 8.12. The summed E-state index contributed by atoms with van der Waals surface area (Å²) in [6.45, 7) is 11.1. The quantitative estimate of drug-likeness (QED) is 0.399. The number of nitrogens with zero attached hydrogens (tertiary/aromatic N) is 3. The van der Waals surface area contributed by atoms with Crippen LogP contribution in [0.15, 0.2) is 44.8 Å². The molecule has 2 saturated heterocycles. The van der Waals surface area contributed by atoms with Gasteiger partial charge in [0.1, 0.15) is 11.4 Å². The van der Waals surface area contributed by atoms with Crippen molar-refractivity contribution < 1.29 is 9.90 Å². The lowest BCUT2D eigenvalue weighted by atomic mass is 9.87. The molecule has 4 N–H and O–H groups in total. The van der Waals surface area contributed by atoms with Crippen LogP contribution in [0, 0.1) is 11.8 Å². The summed E-state index contributed by atoms with van der Waals surface area (Å²) in [4.78, 5) is 24.9. The zero-order chi connectivity index (χ0) is 25.0. The van der Waals surface area contributed by atoms with Gasteiger partial charge in [-0.1, -0.05) is 19.1 Å². The Labute approximate surface area is 209 Å². The highest BCUT2D eigenvalue weighted by atomic mass is 16.3. The smallest absolute Gasteiger partial charge is 0.265 e. The molecule has 2 fully saturated rings. The fourth-order valence-corrected chi connectivity index (χ4v) is 5.59. The molecule has 4 rings (SSSR count). The maximum Gasteiger partial charge on any atom is 0.265 e. The molecule has 0 bridgehead atoms. The first-order chi connectivity index (χ1) is 16.8. The minimum absolute atomic E-state index is 0.112. The highest BCUT2D eigenvalue weighted by Gasteiger charge is 2.40. The maximum absolute atomic E-state index is 12.9. The SMILES string of the molecule is CCC1=C(N=C(C)C(=O)NCC2CCNCC2)C(N2CC(CC(C)(C)O)C3=CCCC=C32)N=CN1. The number of likely N-dealkylation sites (tertiary alicyclic amines) is 1. The van der Waals surface area contributed by atoms with Crippen molar-refractivity contribution in [3.05, 3.63) is 34.8 Å². The normalized spacial score (nSPS) is 25.7. The summed E-state index contributed by atoms with van der Waals surface area (Å²) < 4.78 is 0. The van der Waals surface area contributed by atoms with Crippen LogP contribution >= 0.6 is 0 Å². The van der Waals surface area contributed by atoms with E-state index in [0.29, 0.717) is 24.6 Å². The molecule has 0 radical (unpaired) electrons. The minimum atomic E-state index is -0.740. The Morgan fingerprint density at radius 1 is 1.29 bits per heavy atom. The number of allylic oxidation sites excluding steroid dienone is 4. The third kappa shape index (κ3) is 6.22. The van der Waals surface area contributed by atoms with Gasteiger partial charge >= 0.3 is 0 Å². The fraction of sp³-hybridized carbons (Fsp3) is 0.667. The lowest BCUT2D eigenvalue weighted by molar-refractivity contribution is -0.115. The number of aliphatic hydroxyl groups is 1. The summed E-state index contributed by atoms with van der Waals surface area (Å²) in [6, 6.07) is 0. The number of aliphatic imine (C=N–C) groups is 2. The number of carbonyl (C=O) groups is 1. The molecule has 0 aromatic heterocycles. The van der Waals surface area contributed by atoms with Crippen molar-refractivity contribution in [3.8, 4) is 0 Å². The topological polar surface area (TPSA) is 101 Å². The molecule has 2 unspecified atom stereocenters. The summed E-state index contributed by atoms with van der Waals surface area (Å²) in [5.74, 6) is 0.655. The highest BCUT2D eigenvalue weighted by molar-refractivity contribution is 6.38. The molecule has 3 aliphatic heterocycles. The van der Waals surface area contributed by atoms with E-state index in [9.17, 15) is 9.90 Å². The van der Waals surface area contributed by atoms with Gasteiger partial charge in [0.15, 0.2) is 6.17 Å². The van der Waals surface area contributed by atoms with Gasteiger partial charge in [-0.2, -0.15) is 0 Å². The van der Waals surface area contributed by atoms with Crippen LogP contribution in [0.1, 0.15) is 66.2 Å². The lowest BCUT2D eigenvalue weighted by Gasteiger charge is -2.32. The molecular formula is C27H42N6O2. The molecule has 8 nitrogen and oxygen atoms in total. The van der Waals surface area contributed by atoms with Gasteiger partial charge < -0.3 is 26.0 Å². The number of piperidine rings is 1. The van der Waals surface area contributed by atoms with E-state index in [1.165, 1.54) is 11.3 Å². The Bertz CT molecular complexity index is 949. The van der Waals surface area contributed by atoms with E-state index in [-0.39, 0.29) is 18.0 Å². The van der Waals surface area contributed by atoms with Crippen LogP contribution in [0.4, 0.5) is 0 Å². The monoisotopic (exact) mass is 482 g/mol. The third-order valence-electron chi connectivity index (χ3n) is 7.36. The molecule has 4 aliphatic rings. The van der Waals surface area contributed by atoms with E-state index in [1.807, 2.05) is 13.8 Å². The summed E-state index contributed by atoms with van der Waals surface area (Å²) in [5, 5.41) is 20.3. The molecule has 35 heavy (non-hydrogen) atoms. The molecular weight excluding hydrogens is 440 g/mol. The van der Waals surface area contributed by atoms with Crippen molar-refractivity contribution in [2.24, 2.45) is 21.8 Å². The van der Waals surface area contributed by atoms with Crippen molar-refractivity contribution in [2.45, 2.75) is 78.0 Å². The van der Waals surface area contributed by atoms with Crippen molar-refractivity contribution >= 4 is 18.0 Å². The van der Waals surface area contributed by atoms with Crippen LogP contribution < -0.4 is 16.0 Å². The molecule has 8 heteroatoms. The number of hydrogen-bond acceptors (Lipinski definition) is 7. The third-order valence-corrected chi connectivity index (χ3v) is 7.36. The Hall–Kier alpha value is -2.45. The first kappa shape index (κ1) is 25.6. The van der Waals surface area contributed by atoms with Gasteiger partial charge in [-0.25, -0.2) is 9.98 Å². The van der Waals surface area contributed by atoms with Crippen molar-refractivity contribution in [2.75, 3.05) is 26.2 Å². The van der Waals surface area contributed by atoms with E-state index < -0.39 is 5.60 Å². The van der Waals surface area contributed by atoms with Crippen LogP contribution in [0.25, 0.3) is 0 Å². The van der Waals surface area contributed by atoms with Gasteiger partial charge in [-0.3, -0.25) is 4.79 Å². The number of carbonyl (C=O) groups excluding carboxylic acids is 1. The Balaban J connectivity index is 1.55. The second-order valence-corrected chi connectivity index (χ2v) is 10.8. The van der Waals surface area contributed by atoms with Crippen LogP contribution in [0.2, 0.25) is 0 Å². The fourth-order valence-electron chi connectivity index (χ4n) is 5.59. The molecule has 2 atom stereocenters. The van der Waals surface area contributed by atoms with Gasteiger partial charge in [-0.05, 0) is 83.9 Å². The van der Waals surface area contributed by atoms with Gasteiger partial charge in [0.25, 0.3) is 5.91 Å². The summed E-state index contributed by atoms with van der Waals surface area (Å²) >= 11 is 0. The average Bonchev–Trinajstić information content (AvgIpc) is 3.20. The van der Waals surface area contributed by atoms with Crippen LogP contribution in [0.5, 0.6) is 0 Å². The Morgan fingerprint density at radius 2 is 2.03 bits per heavy atom. The largest absolute Gasteiger partial charge is 0.390 e. The number of amides is 1. The van der Waals surface area contributed by atoms with Gasteiger partial charge in [0.05, 0.1) is 11.9 Å². The molecule has 0 aromatic carbocycles. The summed E-state index contributed by atoms with van der Waals surface area (Å²) in [7, 11) is 0. The standard InChI is InChI=1S/C27H42N6O2/c1-5-22-24(32-18(2)26(34)29-15-19-10-12-28-13-11-19)25(31-17-30-22)33-16-20(14-27(3,4)35)21-8-6-7-9-23(21)33/h8-9,17,19-20,25,28,35H,5-7,10-16H2,1-4H3,(H,29,34)(H,30,31). The second kappa shape index (κ2) is 11.1. The number of fused-ring (bicyclic) bond motifs is 1. The van der Waals surface area contributed by atoms with Crippen LogP contribution in [0.3, 0.4) is 0 Å². The summed E-state index contributed by atoms with van der Waals surface area (Å²) in [6.07, 6.45) is 11.8. The first-order valence-electron chi connectivity index (χ1n) is 13.2. The van der Waals surface area contributed by atoms with E-state index in [4.69, 9.17) is 9.98 Å². The zero-order valence-electron chi connectivity index (χ0n) is 21.7. The van der Waals surface area contributed by atoms with Gasteiger partial charge in [0.2, 0.25) is 0 Å². The van der Waals surface area contributed by atoms with E-state index in [1.54, 1.807) is 13.3 Å². The van der Waals surface area contributed by atoms with Gasteiger partial charge in [-0.15, -0.1) is 0 Å². The first-order valence-corrected chi connectivity index (χ1v) is 13.2.